The topological polar surface area (TPSA) is 57.4 Å². The highest BCUT2D eigenvalue weighted by Gasteiger charge is 2.13. The number of benzene rings is 2. The van der Waals surface area contributed by atoms with Crippen LogP contribution in [0.15, 0.2) is 51.4 Å². The summed E-state index contributed by atoms with van der Waals surface area (Å²) in [5, 5.41) is 8.20. The van der Waals surface area contributed by atoms with Crippen LogP contribution in [0.3, 0.4) is 0 Å². The number of hydrogen-bond donors (Lipinski definition) is 0. The van der Waals surface area contributed by atoms with E-state index in [1.165, 1.54) is 0 Å². The normalized spacial score (nSPS) is 10.5. The Morgan fingerprint density at radius 2 is 1.50 bits per heavy atom. The highest BCUT2D eigenvalue weighted by Crippen LogP contribution is 2.31. The van der Waals surface area contributed by atoms with E-state index in [-0.39, 0.29) is 0 Å². The van der Waals surface area contributed by atoms with Gasteiger partial charge in [0.15, 0.2) is 0 Å². The van der Waals surface area contributed by atoms with Crippen LogP contribution in [0, 0.1) is 0 Å². The van der Waals surface area contributed by atoms with Gasteiger partial charge in [0.1, 0.15) is 11.5 Å². The smallest absolute Gasteiger partial charge is 0.248 e. The van der Waals surface area contributed by atoms with Gasteiger partial charge in [-0.25, -0.2) is 0 Å². The van der Waals surface area contributed by atoms with Gasteiger partial charge in [0, 0.05) is 21.7 Å². The number of methoxy groups -OCH3 is 2. The molecule has 1 aromatic heterocycles. The maximum atomic E-state index is 5.76. The van der Waals surface area contributed by atoms with Crippen molar-refractivity contribution in [2.24, 2.45) is 0 Å². The van der Waals surface area contributed by atoms with Gasteiger partial charge in [0.2, 0.25) is 11.8 Å². The number of aromatic nitrogens is 2. The lowest BCUT2D eigenvalue weighted by Gasteiger charge is -2.05. The maximum Gasteiger partial charge on any atom is 0.248 e. The van der Waals surface area contributed by atoms with E-state index in [2.05, 4.69) is 26.1 Å². The van der Waals surface area contributed by atoms with E-state index in [0.717, 1.165) is 15.6 Å². The third-order valence-corrected chi connectivity index (χ3v) is 3.59. The summed E-state index contributed by atoms with van der Waals surface area (Å²) in [4.78, 5) is 0. The Bertz CT molecular complexity index is 779. The molecule has 0 spiro atoms. The van der Waals surface area contributed by atoms with Crippen molar-refractivity contribution < 1.29 is 13.9 Å². The molecule has 0 bridgehead atoms. The van der Waals surface area contributed by atoms with Crippen LogP contribution >= 0.6 is 15.9 Å². The van der Waals surface area contributed by atoms with Gasteiger partial charge in [-0.1, -0.05) is 22.0 Å². The van der Waals surface area contributed by atoms with Crippen LogP contribution < -0.4 is 9.47 Å². The Balaban J connectivity index is 2.00. The van der Waals surface area contributed by atoms with Crippen LogP contribution in [0.4, 0.5) is 0 Å². The highest BCUT2D eigenvalue weighted by atomic mass is 79.9. The predicted octanol–water partition coefficient (Wildman–Crippen LogP) is 4.18. The predicted molar refractivity (Wildman–Crippen MR) is 86.0 cm³/mol. The van der Waals surface area contributed by atoms with Crippen molar-refractivity contribution in [1.29, 1.82) is 0 Å². The van der Waals surface area contributed by atoms with Gasteiger partial charge < -0.3 is 13.9 Å². The lowest BCUT2D eigenvalue weighted by Crippen LogP contribution is -1.88. The zero-order chi connectivity index (χ0) is 15.5. The number of ether oxygens (including phenoxy) is 2. The molecule has 0 saturated carbocycles. The molecule has 0 fully saturated rings. The summed E-state index contributed by atoms with van der Waals surface area (Å²) < 4.78 is 17.2. The molecule has 3 rings (SSSR count). The second kappa shape index (κ2) is 6.19. The third kappa shape index (κ3) is 2.96. The molecule has 0 unspecified atom stereocenters. The lowest BCUT2D eigenvalue weighted by molar-refractivity contribution is 0.394. The van der Waals surface area contributed by atoms with Crippen LogP contribution in [0.2, 0.25) is 0 Å². The highest BCUT2D eigenvalue weighted by molar-refractivity contribution is 9.10. The fraction of sp³-hybridized carbons (Fsp3) is 0.125. The second-order valence-electron chi connectivity index (χ2n) is 4.52. The maximum absolute atomic E-state index is 5.76. The quantitative estimate of drug-likeness (QED) is 0.698. The van der Waals surface area contributed by atoms with Gasteiger partial charge >= 0.3 is 0 Å². The molecule has 0 aliphatic rings. The van der Waals surface area contributed by atoms with E-state index in [9.17, 15) is 0 Å². The Morgan fingerprint density at radius 1 is 0.864 bits per heavy atom. The van der Waals surface area contributed by atoms with Gasteiger partial charge in [0.05, 0.1) is 14.2 Å². The monoisotopic (exact) mass is 360 g/mol. The first kappa shape index (κ1) is 14.6. The zero-order valence-electron chi connectivity index (χ0n) is 12.0. The van der Waals surface area contributed by atoms with Crippen molar-refractivity contribution in [3.8, 4) is 34.4 Å². The summed E-state index contributed by atoms with van der Waals surface area (Å²) in [6.07, 6.45) is 0. The molecule has 112 valence electrons. The van der Waals surface area contributed by atoms with Gasteiger partial charge in [-0.15, -0.1) is 10.2 Å². The van der Waals surface area contributed by atoms with Gasteiger partial charge in [-0.2, -0.15) is 0 Å². The van der Waals surface area contributed by atoms with E-state index >= 15 is 0 Å². The summed E-state index contributed by atoms with van der Waals surface area (Å²) in [5.74, 6) is 2.19. The molecule has 0 amide bonds. The minimum absolute atomic E-state index is 0.409. The fourth-order valence-corrected chi connectivity index (χ4v) is 2.41. The molecule has 1 heterocycles. The van der Waals surface area contributed by atoms with Crippen molar-refractivity contribution >= 4 is 15.9 Å². The summed E-state index contributed by atoms with van der Waals surface area (Å²) >= 11 is 3.43. The molecule has 3 aromatic rings. The zero-order valence-corrected chi connectivity index (χ0v) is 13.6. The first-order valence-corrected chi connectivity index (χ1v) is 7.32. The molecule has 0 aliphatic heterocycles. The first-order valence-electron chi connectivity index (χ1n) is 6.52. The summed E-state index contributed by atoms with van der Waals surface area (Å²) in [6, 6.07) is 13.1. The van der Waals surface area contributed by atoms with Gasteiger partial charge in [0.25, 0.3) is 0 Å². The molecule has 6 heteroatoms. The van der Waals surface area contributed by atoms with Crippen LogP contribution in [0.5, 0.6) is 11.5 Å². The first-order chi connectivity index (χ1) is 10.7. The Kier molecular flexibility index (Phi) is 4.11. The molecule has 0 radical (unpaired) electrons. The fourth-order valence-electron chi connectivity index (χ4n) is 2.01. The van der Waals surface area contributed by atoms with Crippen LogP contribution in [-0.2, 0) is 0 Å². The Hall–Kier alpha value is -2.34. The summed E-state index contributed by atoms with van der Waals surface area (Å²) in [6.45, 7) is 0. The molecule has 0 aliphatic carbocycles. The molecular weight excluding hydrogens is 348 g/mol. The molecule has 22 heavy (non-hydrogen) atoms. The molecule has 0 atom stereocenters. The Morgan fingerprint density at radius 3 is 2.09 bits per heavy atom. The number of rotatable bonds is 4. The van der Waals surface area contributed by atoms with Crippen LogP contribution in [-0.4, -0.2) is 24.4 Å². The van der Waals surface area contributed by atoms with E-state index in [1.54, 1.807) is 20.3 Å². The SMILES string of the molecule is COc1cc(OC)cc(-c2nnc(-c3cccc(Br)c3)o2)c1. The van der Waals surface area contributed by atoms with Gasteiger partial charge in [-0.3, -0.25) is 0 Å². The molecular formula is C16H13BrN2O3. The number of nitrogens with zero attached hydrogens (tertiary/aromatic N) is 2. The minimum atomic E-state index is 0.409. The Labute approximate surface area is 136 Å². The molecule has 0 N–H and O–H groups in total. The van der Waals surface area contributed by atoms with Crippen molar-refractivity contribution in [3.63, 3.8) is 0 Å². The van der Waals surface area contributed by atoms with Crippen molar-refractivity contribution in [2.45, 2.75) is 0 Å². The number of halogens is 1. The van der Waals surface area contributed by atoms with Crippen molar-refractivity contribution in [2.75, 3.05) is 14.2 Å². The van der Waals surface area contributed by atoms with Crippen LogP contribution in [0.1, 0.15) is 0 Å². The van der Waals surface area contributed by atoms with E-state index in [0.29, 0.717) is 23.3 Å². The second-order valence-corrected chi connectivity index (χ2v) is 5.44. The third-order valence-electron chi connectivity index (χ3n) is 3.09. The average Bonchev–Trinajstić information content (AvgIpc) is 3.04. The van der Waals surface area contributed by atoms with E-state index in [4.69, 9.17) is 13.9 Å². The molecule has 2 aromatic carbocycles. The molecule has 5 nitrogen and oxygen atoms in total. The van der Waals surface area contributed by atoms with Crippen molar-refractivity contribution in [3.05, 3.63) is 46.9 Å². The van der Waals surface area contributed by atoms with Crippen molar-refractivity contribution in [1.82, 2.24) is 10.2 Å². The largest absolute Gasteiger partial charge is 0.497 e. The van der Waals surface area contributed by atoms with Gasteiger partial charge in [-0.05, 0) is 30.3 Å². The minimum Gasteiger partial charge on any atom is -0.497 e. The van der Waals surface area contributed by atoms with E-state index in [1.807, 2.05) is 36.4 Å². The lowest BCUT2D eigenvalue weighted by atomic mass is 10.2. The van der Waals surface area contributed by atoms with Crippen LogP contribution in [0.25, 0.3) is 22.9 Å². The summed E-state index contributed by atoms with van der Waals surface area (Å²) in [7, 11) is 3.19. The number of hydrogen-bond acceptors (Lipinski definition) is 5. The summed E-state index contributed by atoms with van der Waals surface area (Å²) in [5.41, 5.74) is 1.59. The van der Waals surface area contributed by atoms with E-state index < -0.39 is 0 Å². The standard InChI is InChI=1S/C16H13BrN2O3/c1-20-13-7-11(8-14(9-13)21-2)16-19-18-15(22-16)10-4-3-5-12(17)6-10/h3-9H,1-2H3. The molecule has 0 saturated heterocycles. The average molecular weight is 361 g/mol.